The number of nitrogens with one attached hydrogen (secondary N) is 3. The van der Waals surface area contributed by atoms with Gasteiger partial charge >= 0.3 is 11.7 Å². The van der Waals surface area contributed by atoms with Gasteiger partial charge in [0, 0.05) is 23.6 Å². The van der Waals surface area contributed by atoms with E-state index in [0.717, 1.165) is 0 Å². The van der Waals surface area contributed by atoms with Gasteiger partial charge in [-0.25, -0.2) is 9.59 Å². The summed E-state index contributed by atoms with van der Waals surface area (Å²) in [6.07, 6.45) is -6.38. The number of imide groups is 1. The molecule has 1 unspecified atom stereocenters. The fourth-order valence-electron chi connectivity index (χ4n) is 5.92. The summed E-state index contributed by atoms with van der Waals surface area (Å²) in [4.78, 5) is 50.9. The molecule has 2 fully saturated rings. The van der Waals surface area contributed by atoms with Crippen molar-refractivity contribution in [2.24, 2.45) is 0 Å². The van der Waals surface area contributed by atoms with Gasteiger partial charge in [-0.15, -0.1) is 0 Å². The van der Waals surface area contributed by atoms with Gasteiger partial charge in [0.25, 0.3) is 11.8 Å². The third-order valence-corrected chi connectivity index (χ3v) is 8.53. The van der Waals surface area contributed by atoms with Gasteiger partial charge in [0.1, 0.15) is 47.1 Å². The van der Waals surface area contributed by atoms with Crippen molar-refractivity contribution in [3.05, 3.63) is 106 Å². The molecule has 2 saturated heterocycles. The number of amides is 4. The standard InChI is InChI=1S/C35H35N3O12/c39-18-26-27(40)28(41)29(42)32(50-26)48-21-13-12-19-16-22(31(44)49-25(19)17-21)30(43)36-14-6-7-15-47-24-11-5-4-10-23(24)35(20-8-2-1-3-9-20)33(45)37-34(46)38-35/h1-5,8-13,16-17,26-29,32,39-42H,6-7,14-15,18H2,(H,36,43)(H2,37,38,45,46)/t26-,27+,28+,29-,32-,35?/m1/s1. The molecule has 50 heavy (non-hydrogen) atoms. The first-order valence-electron chi connectivity index (χ1n) is 15.9. The fraction of sp³-hybridized carbons (Fsp3) is 0.314. The molecule has 3 heterocycles. The van der Waals surface area contributed by atoms with Gasteiger partial charge in [-0.2, -0.15) is 0 Å². The van der Waals surface area contributed by atoms with Crippen LogP contribution >= 0.6 is 0 Å². The molecule has 6 atom stereocenters. The Bertz CT molecular complexity index is 1930. The molecule has 2 aliphatic rings. The van der Waals surface area contributed by atoms with Crippen LogP contribution in [0.25, 0.3) is 11.0 Å². The van der Waals surface area contributed by atoms with Crippen LogP contribution in [-0.4, -0.2) is 88.7 Å². The topological polar surface area (TPSA) is 226 Å². The Morgan fingerprint density at radius 3 is 2.40 bits per heavy atom. The summed E-state index contributed by atoms with van der Waals surface area (Å²) in [5.41, 5.74) is -1.46. The van der Waals surface area contributed by atoms with E-state index in [4.69, 9.17) is 18.6 Å². The maximum Gasteiger partial charge on any atom is 0.349 e. The summed E-state index contributed by atoms with van der Waals surface area (Å²) in [6.45, 7) is -0.165. The van der Waals surface area contributed by atoms with E-state index in [1.807, 2.05) is 6.07 Å². The van der Waals surface area contributed by atoms with E-state index in [9.17, 15) is 39.6 Å². The zero-order chi connectivity index (χ0) is 35.4. The van der Waals surface area contributed by atoms with Crippen LogP contribution in [0.3, 0.4) is 0 Å². The summed E-state index contributed by atoms with van der Waals surface area (Å²) < 4.78 is 22.3. The molecule has 0 bridgehead atoms. The van der Waals surface area contributed by atoms with Gasteiger partial charge in [0.2, 0.25) is 6.29 Å². The van der Waals surface area contributed by atoms with Crippen LogP contribution < -0.4 is 31.0 Å². The van der Waals surface area contributed by atoms with Gasteiger partial charge in [0.15, 0.2) is 5.54 Å². The average Bonchev–Trinajstić information content (AvgIpc) is 3.43. The first-order chi connectivity index (χ1) is 24.1. The van der Waals surface area contributed by atoms with Gasteiger partial charge < -0.3 is 49.7 Å². The molecule has 1 aromatic heterocycles. The maximum absolute atomic E-state index is 13.1. The molecule has 0 aliphatic carbocycles. The quantitative estimate of drug-likeness (QED) is 0.0618. The molecule has 0 radical (unpaired) electrons. The zero-order valence-corrected chi connectivity index (χ0v) is 26.5. The molecule has 6 rings (SSSR count). The second-order valence-electron chi connectivity index (χ2n) is 11.8. The number of para-hydroxylation sites is 1. The Hall–Kier alpha value is -5.32. The van der Waals surface area contributed by atoms with Crippen LogP contribution in [0.5, 0.6) is 11.5 Å². The van der Waals surface area contributed by atoms with E-state index in [-0.39, 0.29) is 30.0 Å². The zero-order valence-electron chi connectivity index (χ0n) is 26.5. The molecule has 4 aromatic rings. The van der Waals surface area contributed by atoms with Gasteiger partial charge in [-0.3, -0.25) is 14.9 Å². The lowest BCUT2D eigenvalue weighted by molar-refractivity contribution is -0.277. The van der Waals surface area contributed by atoms with Crippen molar-refractivity contribution in [1.82, 2.24) is 16.0 Å². The first kappa shape index (κ1) is 34.5. The largest absolute Gasteiger partial charge is 0.493 e. The van der Waals surface area contributed by atoms with E-state index < -0.39 is 66.3 Å². The van der Waals surface area contributed by atoms with Crippen LogP contribution in [0.4, 0.5) is 4.79 Å². The summed E-state index contributed by atoms with van der Waals surface area (Å²) in [6, 6.07) is 20.9. The number of aliphatic hydroxyl groups is 4. The molecular weight excluding hydrogens is 654 g/mol. The third kappa shape index (κ3) is 6.77. The second kappa shape index (κ2) is 14.7. The van der Waals surface area contributed by atoms with Crippen molar-refractivity contribution >= 4 is 28.8 Å². The summed E-state index contributed by atoms with van der Waals surface area (Å²) in [7, 11) is 0. The predicted molar refractivity (Wildman–Crippen MR) is 174 cm³/mol. The normalized spacial score (nSPS) is 24.8. The third-order valence-electron chi connectivity index (χ3n) is 8.53. The monoisotopic (exact) mass is 689 g/mol. The number of benzene rings is 3. The van der Waals surface area contributed by atoms with Crippen LogP contribution in [0.1, 0.15) is 34.3 Å². The molecule has 262 valence electrons. The predicted octanol–water partition coefficient (Wildman–Crippen LogP) is 0.644. The Balaban J connectivity index is 1.04. The number of carbonyl (C=O) groups is 3. The fourth-order valence-corrected chi connectivity index (χ4v) is 5.92. The molecule has 3 aromatic carbocycles. The van der Waals surface area contributed by atoms with Gasteiger partial charge in [-0.1, -0.05) is 48.5 Å². The lowest BCUT2D eigenvalue weighted by Crippen LogP contribution is -2.60. The Labute approximate surface area is 284 Å². The highest BCUT2D eigenvalue weighted by atomic mass is 16.7. The second-order valence-corrected chi connectivity index (χ2v) is 11.8. The minimum Gasteiger partial charge on any atom is -0.493 e. The van der Waals surface area contributed by atoms with Crippen molar-refractivity contribution in [2.75, 3.05) is 19.8 Å². The highest BCUT2D eigenvalue weighted by molar-refractivity contribution is 6.10. The number of hydrogen-bond donors (Lipinski definition) is 7. The summed E-state index contributed by atoms with van der Waals surface area (Å²) in [5.74, 6) is -0.652. The van der Waals surface area contributed by atoms with Crippen molar-refractivity contribution in [3.63, 3.8) is 0 Å². The van der Waals surface area contributed by atoms with Crippen LogP contribution in [0.15, 0.2) is 88.1 Å². The summed E-state index contributed by atoms with van der Waals surface area (Å²) in [5, 5.41) is 47.8. The number of hydrogen-bond acceptors (Lipinski definition) is 12. The number of ether oxygens (including phenoxy) is 3. The van der Waals surface area contributed by atoms with Crippen LogP contribution in [-0.2, 0) is 15.1 Å². The lowest BCUT2D eigenvalue weighted by atomic mass is 9.82. The highest BCUT2D eigenvalue weighted by Gasteiger charge is 2.50. The van der Waals surface area contributed by atoms with Crippen molar-refractivity contribution < 1.29 is 53.4 Å². The Morgan fingerprint density at radius 1 is 0.900 bits per heavy atom. The van der Waals surface area contributed by atoms with Crippen molar-refractivity contribution in [2.45, 2.75) is 49.1 Å². The van der Waals surface area contributed by atoms with E-state index >= 15 is 0 Å². The Kier molecular flexibility index (Phi) is 10.1. The first-order valence-corrected chi connectivity index (χ1v) is 15.9. The molecular formula is C35H35N3O12. The number of aliphatic hydroxyl groups excluding tert-OH is 4. The minimum atomic E-state index is -1.63. The molecule has 2 aliphatic heterocycles. The molecule has 7 N–H and O–H groups in total. The van der Waals surface area contributed by atoms with Crippen molar-refractivity contribution in [3.8, 4) is 11.5 Å². The molecule has 15 nitrogen and oxygen atoms in total. The van der Waals surface area contributed by atoms with Crippen LogP contribution in [0, 0.1) is 0 Å². The van der Waals surface area contributed by atoms with E-state index in [0.29, 0.717) is 35.1 Å². The van der Waals surface area contributed by atoms with E-state index in [2.05, 4.69) is 16.0 Å². The number of rotatable bonds is 12. The molecule has 4 amide bonds. The van der Waals surface area contributed by atoms with Gasteiger partial charge in [-0.05, 0) is 42.7 Å². The maximum atomic E-state index is 13.1. The van der Waals surface area contributed by atoms with E-state index in [1.165, 1.54) is 24.3 Å². The average molecular weight is 690 g/mol. The van der Waals surface area contributed by atoms with Crippen molar-refractivity contribution in [1.29, 1.82) is 0 Å². The van der Waals surface area contributed by atoms with Crippen LogP contribution in [0.2, 0.25) is 0 Å². The molecule has 0 saturated carbocycles. The Morgan fingerprint density at radius 2 is 1.66 bits per heavy atom. The van der Waals surface area contributed by atoms with E-state index in [1.54, 1.807) is 48.5 Å². The smallest absolute Gasteiger partial charge is 0.349 e. The number of unbranched alkanes of at least 4 members (excludes halogenated alkanes) is 1. The minimum absolute atomic E-state index is 0.0785. The SMILES string of the molecule is O=C1NC(=O)C(c2ccccc2)(c2ccccc2OCCCCNC(=O)c2cc3ccc(O[C@@H]4O[C@H](CO)[C@H](O)[C@H](O)[C@H]4O)cc3oc2=O)N1. The highest BCUT2D eigenvalue weighted by Crippen LogP contribution is 2.38. The number of urea groups is 1. The molecule has 0 spiro atoms. The number of carbonyl (C=O) groups excluding carboxylic acids is 3. The number of fused-ring (bicyclic) bond motifs is 1. The summed E-state index contributed by atoms with van der Waals surface area (Å²) >= 11 is 0. The van der Waals surface area contributed by atoms with Gasteiger partial charge in [0.05, 0.1) is 13.2 Å². The lowest BCUT2D eigenvalue weighted by Gasteiger charge is -2.39. The molecule has 15 heteroatoms.